The van der Waals surface area contributed by atoms with E-state index >= 15 is 0 Å². The fourth-order valence-corrected chi connectivity index (χ4v) is 4.28. The van der Waals surface area contributed by atoms with Crippen molar-refractivity contribution in [3.8, 4) is 0 Å². The molecule has 7 heteroatoms. The third-order valence-corrected chi connectivity index (χ3v) is 6.22. The number of benzene rings is 1. The minimum atomic E-state index is 0. The summed E-state index contributed by atoms with van der Waals surface area (Å²) in [5.41, 5.74) is 1.35. The van der Waals surface area contributed by atoms with Crippen molar-refractivity contribution in [1.29, 1.82) is 0 Å². The van der Waals surface area contributed by atoms with Gasteiger partial charge in [0.15, 0.2) is 5.96 Å². The van der Waals surface area contributed by atoms with Crippen LogP contribution in [0.4, 0.5) is 0 Å². The molecule has 0 aliphatic carbocycles. The number of guanidine groups is 1. The van der Waals surface area contributed by atoms with Gasteiger partial charge in [-0.2, -0.15) is 0 Å². The van der Waals surface area contributed by atoms with E-state index in [2.05, 4.69) is 88.4 Å². The largest absolute Gasteiger partial charge is 0.356 e. The van der Waals surface area contributed by atoms with E-state index in [0.29, 0.717) is 12.0 Å². The van der Waals surface area contributed by atoms with Gasteiger partial charge in [-0.3, -0.25) is 9.89 Å². The second-order valence-corrected chi connectivity index (χ2v) is 8.32. The van der Waals surface area contributed by atoms with Crippen molar-refractivity contribution in [2.24, 2.45) is 10.9 Å². The van der Waals surface area contributed by atoms with Crippen molar-refractivity contribution in [3.05, 3.63) is 35.9 Å². The van der Waals surface area contributed by atoms with Gasteiger partial charge < -0.3 is 20.4 Å². The van der Waals surface area contributed by atoms with Gasteiger partial charge in [0, 0.05) is 52.9 Å². The maximum Gasteiger partial charge on any atom is 0.191 e. The maximum absolute atomic E-state index is 4.46. The molecule has 0 aromatic heterocycles. The lowest BCUT2D eigenvalue weighted by Crippen LogP contribution is -2.49. The van der Waals surface area contributed by atoms with Crippen LogP contribution in [0.5, 0.6) is 0 Å². The molecule has 1 aromatic carbocycles. The average Bonchev–Trinajstić information content (AvgIpc) is 2.79. The first-order valence-electron chi connectivity index (χ1n) is 11.8. The molecule has 0 radical (unpaired) electrons. The van der Waals surface area contributed by atoms with Crippen LogP contribution in [0.25, 0.3) is 0 Å². The first kappa shape index (κ1) is 28.1. The van der Waals surface area contributed by atoms with Crippen LogP contribution in [-0.4, -0.2) is 93.2 Å². The number of piperazine rings is 1. The predicted octanol–water partition coefficient (Wildman–Crippen LogP) is 3.13. The molecular formula is C24H45IN6. The lowest BCUT2D eigenvalue weighted by atomic mass is 10.1. The highest BCUT2D eigenvalue weighted by molar-refractivity contribution is 14.0. The molecule has 1 heterocycles. The van der Waals surface area contributed by atoms with E-state index in [1.165, 1.54) is 38.3 Å². The molecule has 1 aliphatic rings. The number of rotatable bonds is 11. The van der Waals surface area contributed by atoms with Gasteiger partial charge in [0.1, 0.15) is 0 Å². The summed E-state index contributed by atoms with van der Waals surface area (Å²) >= 11 is 0. The van der Waals surface area contributed by atoms with Gasteiger partial charge in [-0.25, -0.2) is 0 Å². The van der Waals surface area contributed by atoms with Gasteiger partial charge in [-0.1, -0.05) is 58.0 Å². The minimum absolute atomic E-state index is 0. The fourth-order valence-electron chi connectivity index (χ4n) is 4.28. The molecule has 6 nitrogen and oxygen atoms in total. The summed E-state index contributed by atoms with van der Waals surface area (Å²) in [5.74, 6) is 1.48. The number of hydrogen-bond acceptors (Lipinski definition) is 4. The lowest BCUT2D eigenvalue weighted by molar-refractivity contribution is 0.124. The molecule has 2 unspecified atom stereocenters. The first-order chi connectivity index (χ1) is 14.6. The van der Waals surface area contributed by atoms with E-state index in [9.17, 15) is 0 Å². The summed E-state index contributed by atoms with van der Waals surface area (Å²) in [6, 6.07) is 11.1. The molecule has 178 valence electrons. The Kier molecular flexibility index (Phi) is 14.4. The molecule has 0 bridgehead atoms. The van der Waals surface area contributed by atoms with Gasteiger partial charge >= 0.3 is 0 Å². The van der Waals surface area contributed by atoms with Gasteiger partial charge in [0.05, 0.1) is 6.04 Å². The SMILES string of the molecule is CCN1CCN(CC(C)CNC(=NC)NCC(c2ccccc2)N(CC)CC)CC1.I. The smallest absolute Gasteiger partial charge is 0.191 e. The highest BCUT2D eigenvalue weighted by Gasteiger charge is 2.19. The van der Waals surface area contributed by atoms with Crippen LogP contribution in [-0.2, 0) is 0 Å². The zero-order valence-corrected chi connectivity index (χ0v) is 22.6. The summed E-state index contributed by atoms with van der Waals surface area (Å²) in [6.45, 7) is 20.0. The zero-order valence-electron chi connectivity index (χ0n) is 20.3. The Hall–Kier alpha value is -0.900. The molecule has 31 heavy (non-hydrogen) atoms. The van der Waals surface area contributed by atoms with Gasteiger partial charge in [-0.05, 0) is 31.1 Å². The molecule has 2 atom stereocenters. The minimum Gasteiger partial charge on any atom is -0.356 e. The highest BCUT2D eigenvalue weighted by atomic mass is 127. The Labute approximate surface area is 207 Å². The number of aliphatic imine (C=N–C) groups is 1. The fraction of sp³-hybridized carbons (Fsp3) is 0.708. The topological polar surface area (TPSA) is 46.1 Å². The van der Waals surface area contributed by atoms with Crippen LogP contribution < -0.4 is 10.6 Å². The Morgan fingerprint density at radius 1 is 0.968 bits per heavy atom. The summed E-state index contributed by atoms with van der Waals surface area (Å²) < 4.78 is 0. The summed E-state index contributed by atoms with van der Waals surface area (Å²) in [4.78, 5) is 12.1. The van der Waals surface area contributed by atoms with Crippen LogP contribution in [0.2, 0.25) is 0 Å². The number of halogens is 1. The van der Waals surface area contributed by atoms with Gasteiger partial charge in [0.2, 0.25) is 0 Å². The van der Waals surface area contributed by atoms with Crippen molar-refractivity contribution < 1.29 is 0 Å². The van der Waals surface area contributed by atoms with Crippen LogP contribution in [0, 0.1) is 5.92 Å². The van der Waals surface area contributed by atoms with E-state index in [1.807, 2.05) is 7.05 Å². The molecule has 2 N–H and O–H groups in total. The Bertz CT molecular complexity index is 599. The first-order valence-corrected chi connectivity index (χ1v) is 11.8. The quantitative estimate of drug-likeness (QED) is 0.255. The van der Waals surface area contributed by atoms with Crippen LogP contribution in [0.1, 0.15) is 39.3 Å². The van der Waals surface area contributed by atoms with Crippen molar-refractivity contribution >= 4 is 29.9 Å². The third-order valence-electron chi connectivity index (χ3n) is 6.22. The molecule has 0 saturated carbocycles. The van der Waals surface area contributed by atoms with Crippen molar-refractivity contribution in [3.63, 3.8) is 0 Å². The van der Waals surface area contributed by atoms with E-state index in [-0.39, 0.29) is 24.0 Å². The second-order valence-electron chi connectivity index (χ2n) is 8.32. The molecule has 1 aliphatic heterocycles. The van der Waals surface area contributed by atoms with E-state index in [0.717, 1.165) is 38.7 Å². The third kappa shape index (κ3) is 9.63. The van der Waals surface area contributed by atoms with Crippen LogP contribution >= 0.6 is 24.0 Å². The Morgan fingerprint density at radius 3 is 2.10 bits per heavy atom. The summed E-state index contributed by atoms with van der Waals surface area (Å²) in [5, 5.41) is 7.11. The average molecular weight is 545 g/mol. The summed E-state index contributed by atoms with van der Waals surface area (Å²) in [7, 11) is 1.86. The van der Waals surface area contributed by atoms with Gasteiger partial charge in [0.25, 0.3) is 0 Å². The molecule has 0 amide bonds. The summed E-state index contributed by atoms with van der Waals surface area (Å²) in [6.07, 6.45) is 0. The second kappa shape index (κ2) is 15.8. The number of nitrogens with zero attached hydrogens (tertiary/aromatic N) is 4. The van der Waals surface area contributed by atoms with Gasteiger partial charge in [-0.15, -0.1) is 24.0 Å². The molecule has 0 spiro atoms. The number of hydrogen-bond donors (Lipinski definition) is 2. The normalized spacial score (nSPS) is 17.8. The zero-order chi connectivity index (χ0) is 21.8. The Balaban J connectivity index is 0.00000480. The number of nitrogens with one attached hydrogen (secondary N) is 2. The molecule has 1 saturated heterocycles. The van der Waals surface area contributed by atoms with Crippen molar-refractivity contribution in [2.75, 3.05) is 72.5 Å². The molecule has 2 rings (SSSR count). The lowest BCUT2D eigenvalue weighted by Gasteiger charge is -2.35. The van der Waals surface area contributed by atoms with E-state index in [4.69, 9.17) is 0 Å². The van der Waals surface area contributed by atoms with E-state index in [1.54, 1.807) is 0 Å². The molecule has 1 fully saturated rings. The predicted molar refractivity (Wildman–Crippen MR) is 145 cm³/mol. The van der Waals surface area contributed by atoms with Crippen LogP contribution in [0.15, 0.2) is 35.3 Å². The van der Waals surface area contributed by atoms with Crippen molar-refractivity contribution in [2.45, 2.75) is 33.7 Å². The van der Waals surface area contributed by atoms with Crippen molar-refractivity contribution in [1.82, 2.24) is 25.3 Å². The Morgan fingerprint density at radius 2 is 1.55 bits per heavy atom. The van der Waals surface area contributed by atoms with E-state index < -0.39 is 0 Å². The highest BCUT2D eigenvalue weighted by Crippen LogP contribution is 2.19. The van der Waals surface area contributed by atoms with Crippen LogP contribution in [0.3, 0.4) is 0 Å². The molecular weight excluding hydrogens is 499 g/mol. The molecule has 1 aromatic rings. The maximum atomic E-state index is 4.46. The number of likely N-dealkylation sites (N-methyl/N-ethyl adjacent to an activating group) is 2. The standard InChI is InChI=1S/C24H44N6.HI/c1-6-28-14-16-29(17-15-28)20-21(4)18-26-24(25-5)27-19-23(30(7-2)8-3)22-12-10-9-11-13-22;/h9-13,21,23H,6-8,14-20H2,1-5H3,(H2,25,26,27);1H. The monoisotopic (exact) mass is 544 g/mol.